The van der Waals surface area contributed by atoms with Crippen molar-refractivity contribution < 1.29 is 9.59 Å². The fourth-order valence-electron chi connectivity index (χ4n) is 0.490. The molecule has 0 unspecified atom stereocenters. The van der Waals surface area contributed by atoms with Gasteiger partial charge in [-0.25, -0.2) is 20.4 Å². The number of urea groups is 2. The molecule has 0 spiro atoms. The Hall–Kier alpha value is -1.46. The summed E-state index contributed by atoms with van der Waals surface area (Å²) in [6, 6.07) is -1.31. The summed E-state index contributed by atoms with van der Waals surface area (Å²) in [7, 11) is 0. The summed E-state index contributed by atoms with van der Waals surface area (Å²) in [4.78, 5) is 21.0. The van der Waals surface area contributed by atoms with Crippen LogP contribution in [0, 0.1) is 0 Å². The molecule has 0 aliphatic carbocycles. The summed E-state index contributed by atoms with van der Waals surface area (Å²) in [5.74, 6) is 0. The Balaban J connectivity index is 3.68. The number of nitrogens with one attached hydrogen (secondary N) is 3. The zero-order valence-electron chi connectivity index (χ0n) is 7.39. The first-order valence-corrected chi connectivity index (χ1v) is 3.45. The van der Waals surface area contributed by atoms with Gasteiger partial charge in [0.25, 0.3) is 0 Å². The van der Waals surface area contributed by atoms with Gasteiger partial charge in [0.15, 0.2) is 0 Å². The normalized spacial score (nSPS) is 10.2. The zero-order chi connectivity index (χ0) is 9.78. The molecule has 6 nitrogen and oxygen atoms in total. The van der Waals surface area contributed by atoms with Gasteiger partial charge >= 0.3 is 12.1 Å². The number of hydrogen-bond acceptors (Lipinski definition) is 2. The molecule has 0 saturated heterocycles. The van der Waals surface area contributed by atoms with Gasteiger partial charge in [0.1, 0.15) is 0 Å². The van der Waals surface area contributed by atoms with Crippen molar-refractivity contribution in [3.05, 3.63) is 0 Å². The smallest absolute Gasteiger partial charge is 0.333 e. The number of primary amides is 1. The van der Waals surface area contributed by atoms with Gasteiger partial charge in [0.2, 0.25) is 0 Å². The molecule has 0 bridgehead atoms. The molecule has 6 heteroatoms. The van der Waals surface area contributed by atoms with Crippen LogP contribution < -0.4 is 21.9 Å². The highest BCUT2D eigenvalue weighted by molar-refractivity contribution is 5.79. The lowest BCUT2D eigenvalue weighted by Crippen LogP contribution is -2.53. The second kappa shape index (κ2) is 3.80. The van der Waals surface area contributed by atoms with Gasteiger partial charge in [-0.05, 0) is 20.8 Å². The third-order valence-electron chi connectivity index (χ3n) is 0.788. The van der Waals surface area contributed by atoms with Crippen LogP contribution in [0.3, 0.4) is 0 Å². The van der Waals surface area contributed by atoms with E-state index in [0.29, 0.717) is 0 Å². The predicted molar refractivity (Wildman–Crippen MR) is 44.1 cm³/mol. The van der Waals surface area contributed by atoms with E-state index in [1.165, 1.54) is 0 Å². The molecule has 0 rings (SSSR count). The second-order valence-electron chi connectivity index (χ2n) is 3.32. The summed E-state index contributed by atoms with van der Waals surface area (Å²) in [6.07, 6.45) is 0. The van der Waals surface area contributed by atoms with Crippen LogP contribution in [-0.2, 0) is 0 Å². The van der Waals surface area contributed by atoms with Crippen LogP contribution in [0.25, 0.3) is 0 Å². The Kier molecular flexibility index (Phi) is 3.33. The average Bonchev–Trinajstić information content (AvgIpc) is 1.79. The largest absolute Gasteiger partial charge is 0.350 e. The Morgan fingerprint density at radius 2 is 1.67 bits per heavy atom. The standard InChI is InChI=1S/C6H14N4O2/c1-6(2,3)8-5(12)10-9-4(7)11/h1-3H3,(H3,7,9,11)(H2,8,10,12). The molecule has 0 aromatic carbocycles. The van der Waals surface area contributed by atoms with Crippen molar-refractivity contribution in [3.8, 4) is 0 Å². The fraction of sp³-hybridized carbons (Fsp3) is 0.667. The number of rotatable bonds is 0. The van der Waals surface area contributed by atoms with E-state index in [-0.39, 0.29) is 5.54 Å². The average molecular weight is 174 g/mol. The summed E-state index contributed by atoms with van der Waals surface area (Å²) in [6.45, 7) is 5.45. The van der Waals surface area contributed by atoms with E-state index < -0.39 is 12.1 Å². The predicted octanol–water partition coefficient (Wildman–Crippen LogP) is -0.333. The molecule has 0 aliphatic rings. The van der Waals surface area contributed by atoms with Crippen LogP contribution in [0.5, 0.6) is 0 Å². The van der Waals surface area contributed by atoms with Gasteiger partial charge in [-0.1, -0.05) is 0 Å². The van der Waals surface area contributed by atoms with Crippen LogP contribution in [0.2, 0.25) is 0 Å². The first-order valence-electron chi connectivity index (χ1n) is 3.45. The Labute approximate surface area is 70.8 Å². The minimum atomic E-state index is -0.806. The van der Waals surface area contributed by atoms with Gasteiger partial charge in [-0.15, -0.1) is 0 Å². The molecule has 0 aliphatic heterocycles. The van der Waals surface area contributed by atoms with E-state index in [1.54, 1.807) is 0 Å². The van der Waals surface area contributed by atoms with Crippen molar-refractivity contribution in [3.63, 3.8) is 0 Å². The van der Waals surface area contributed by atoms with Crippen molar-refractivity contribution in [2.24, 2.45) is 5.73 Å². The lowest BCUT2D eigenvalue weighted by molar-refractivity contribution is 0.221. The first kappa shape index (κ1) is 10.5. The number of amides is 4. The molecule has 0 fully saturated rings. The topological polar surface area (TPSA) is 96.2 Å². The molecule has 4 amide bonds. The molecular formula is C6H14N4O2. The van der Waals surface area contributed by atoms with Gasteiger partial charge in [0.05, 0.1) is 0 Å². The Morgan fingerprint density at radius 3 is 2.00 bits per heavy atom. The number of hydrogen-bond donors (Lipinski definition) is 4. The molecule has 0 heterocycles. The number of hydrazine groups is 1. The van der Waals surface area contributed by atoms with Crippen LogP contribution >= 0.6 is 0 Å². The summed E-state index contributed by atoms with van der Waals surface area (Å²) in [5, 5.41) is 2.55. The number of carbonyl (C=O) groups excluding carboxylic acids is 2. The molecule has 0 saturated carbocycles. The van der Waals surface area contributed by atoms with Gasteiger partial charge in [-0.2, -0.15) is 0 Å². The Morgan fingerprint density at radius 1 is 1.17 bits per heavy atom. The van der Waals surface area contributed by atoms with Gasteiger partial charge < -0.3 is 11.1 Å². The maximum atomic E-state index is 10.9. The highest BCUT2D eigenvalue weighted by Crippen LogP contribution is 1.96. The van der Waals surface area contributed by atoms with Crippen LogP contribution in [-0.4, -0.2) is 17.6 Å². The third-order valence-corrected chi connectivity index (χ3v) is 0.788. The van der Waals surface area contributed by atoms with E-state index in [2.05, 4.69) is 10.7 Å². The zero-order valence-corrected chi connectivity index (χ0v) is 7.39. The van der Waals surface area contributed by atoms with Crippen molar-refractivity contribution in [2.45, 2.75) is 26.3 Å². The molecule has 70 valence electrons. The maximum absolute atomic E-state index is 10.9. The highest BCUT2D eigenvalue weighted by atomic mass is 16.2. The molecule has 0 aromatic rings. The molecule has 0 atom stereocenters. The van der Waals surface area contributed by atoms with Gasteiger partial charge in [0, 0.05) is 5.54 Å². The van der Waals surface area contributed by atoms with E-state index in [1.807, 2.05) is 26.2 Å². The van der Waals surface area contributed by atoms with Crippen molar-refractivity contribution in [2.75, 3.05) is 0 Å². The van der Waals surface area contributed by atoms with E-state index in [9.17, 15) is 9.59 Å². The van der Waals surface area contributed by atoms with Crippen molar-refractivity contribution in [1.29, 1.82) is 0 Å². The van der Waals surface area contributed by atoms with Crippen LogP contribution in [0.1, 0.15) is 20.8 Å². The monoisotopic (exact) mass is 174 g/mol. The fourth-order valence-corrected chi connectivity index (χ4v) is 0.490. The lowest BCUT2D eigenvalue weighted by atomic mass is 10.1. The summed E-state index contributed by atoms with van der Waals surface area (Å²) < 4.78 is 0. The minimum absolute atomic E-state index is 0.344. The van der Waals surface area contributed by atoms with Crippen molar-refractivity contribution in [1.82, 2.24) is 16.2 Å². The molecule has 0 radical (unpaired) electrons. The number of carbonyl (C=O) groups is 2. The molecule has 12 heavy (non-hydrogen) atoms. The number of nitrogens with two attached hydrogens (primary N) is 1. The van der Waals surface area contributed by atoms with Crippen LogP contribution in [0.4, 0.5) is 9.59 Å². The quantitative estimate of drug-likeness (QED) is 0.378. The summed E-state index contributed by atoms with van der Waals surface area (Å²) in [5.41, 5.74) is 8.38. The molecule has 5 N–H and O–H groups in total. The Bertz CT molecular complexity index is 184. The third kappa shape index (κ3) is 6.66. The second-order valence-corrected chi connectivity index (χ2v) is 3.32. The van der Waals surface area contributed by atoms with E-state index in [4.69, 9.17) is 5.73 Å². The lowest BCUT2D eigenvalue weighted by Gasteiger charge is -2.20. The first-order chi connectivity index (χ1) is 5.31. The SMILES string of the molecule is CC(C)(C)NC(=O)NNC(N)=O. The molecule has 0 aromatic heterocycles. The maximum Gasteiger partial charge on any atom is 0.333 e. The molecular weight excluding hydrogens is 160 g/mol. The van der Waals surface area contributed by atoms with Crippen molar-refractivity contribution >= 4 is 12.1 Å². The van der Waals surface area contributed by atoms with E-state index >= 15 is 0 Å². The summed E-state index contributed by atoms with van der Waals surface area (Å²) >= 11 is 0. The van der Waals surface area contributed by atoms with E-state index in [0.717, 1.165) is 0 Å². The minimum Gasteiger partial charge on any atom is -0.350 e. The van der Waals surface area contributed by atoms with Crippen LogP contribution in [0.15, 0.2) is 0 Å². The van der Waals surface area contributed by atoms with Gasteiger partial charge in [-0.3, -0.25) is 0 Å². The highest BCUT2D eigenvalue weighted by Gasteiger charge is 2.12.